The highest BCUT2D eigenvalue weighted by Crippen LogP contribution is 2.31. The summed E-state index contributed by atoms with van der Waals surface area (Å²) < 4.78 is 34.4. The van der Waals surface area contributed by atoms with Crippen LogP contribution in [0.4, 0.5) is 5.69 Å². The molecule has 0 fully saturated rings. The van der Waals surface area contributed by atoms with Gasteiger partial charge in [-0.2, -0.15) is 0 Å². The molecular formula is C13H10Br3NO3S. The Morgan fingerprint density at radius 2 is 1.71 bits per heavy atom. The molecule has 8 heteroatoms. The first-order valence-electron chi connectivity index (χ1n) is 5.65. The van der Waals surface area contributed by atoms with E-state index in [9.17, 15) is 8.42 Å². The van der Waals surface area contributed by atoms with Crippen LogP contribution < -0.4 is 9.46 Å². The molecule has 2 aromatic carbocycles. The Hall–Kier alpha value is -0.570. The average Bonchev–Trinajstić information content (AvgIpc) is 2.37. The first-order chi connectivity index (χ1) is 9.83. The van der Waals surface area contributed by atoms with Crippen LogP contribution in [-0.2, 0) is 10.0 Å². The smallest absolute Gasteiger partial charge is 0.263 e. The van der Waals surface area contributed by atoms with Crippen molar-refractivity contribution in [3.05, 3.63) is 49.8 Å². The van der Waals surface area contributed by atoms with E-state index in [1.165, 1.54) is 6.07 Å². The summed E-state index contributed by atoms with van der Waals surface area (Å²) in [6, 6.07) is 9.83. The topological polar surface area (TPSA) is 55.4 Å². The Labute approximate surface area is 148 Å². The lowest BCUT2D eigenvalue weighted by Gasteiger charge is -2.11. The zero-order valence-corrected chi connectivity index (χ0v) is 16.3. The second-order valence-electron chi connectivity index (χ2n) is 4.03. The second kappa shape index (κ2) is 6.68. The number of anilines is 1. The highest BCUT2D eigenvalue weighted by atomic mass is 79.9. The molecule has 1 N–H and O–H groups in total. The summed E-state index contributed by atoms with van der Waals surface area (Å²) in [5.41, 5.74) is 0.442. The summed E-state index contributed by atoms with van der Waals surface area (Å²) in [6.45, 7) is 0. The van der Waals surface area contributed by atoms with Crippen LogP contribution in [-0.4, -0.2) is 15.5 Å². The molecule has 0 atom stereocenters. The molecule has 0 bridgehead atoms. The molecule has 112 valence electrons. The lowest BCUT2D eigenvalue weighted by atomic mass is 10.3. The highest BCUT2D eigenvalue weighted by molar-refractivity contribution is 9.11. The van der Waals surface area contributed by atoms with Crippen molar-refractivity contribution in [2.24, 2.45) is 0 Å². The van der Waals surface area contributed by atoms with E-state index in [-0.39, 0.29) is 4.90 Å². The SMILES string of the molecule is COc1ccc(NS(=O)(=O)c2ccc(Br)cc2Br)cc1Br. The van der Waals surface area contributed by atoms with Crippen LogP contribution in [0, 0.1) is 0 Å². The molecule has 2 rings (SSSR count). The van der Waals surface area contributed by atoms with E-state index >= 15 is 0 Å². The van der Waals surface area contributed by atoms with Crippen molar-refractivity contribution in [1.82, 2.24) is 0 Å². The molecule has 0 spiro atoms. The fourth-order valence-electron chi connectivity index (χ4n) is 1.63. The molecule has 0 aliphatic heterocycles. The molecule has 0 radical (unpaired) electrons. The molecule has 0 aromatic heterocycles. The van der Waals surface area contributed by atoms with Gasteiger partial charge in [-0.1, -0.05) is 15.9 Å². The van der Waals surface area contributed by atoms with Crippen LogP contribution >= 0.6 is 47.8 Å². The Kier molecular flexibility index (Phi) is 5.34. The minimum absolute atomic E-state index is 0.164. The second-order valence-corrected chi connectivity index (χ2v) is 8.30. The molecule has 0 aliphatic carbocycles. The van der Waals surface area contributed by atoms with Gasteiger partial charge in [0.05, 0.1) is 17.3 Å². The maximum Gasteiger partial charge on any atom is 0.263 e. The number of hydrogen-bond acceptors (Lipinski definition) is 3. The number of sulfonamides is 1. The standard InChI is InChI=1S/C13H10Br3NO3S/c1-20-12-4-3-9(7-10(12)15)17-21(18,19)13-5-2-8(14)6-11(13)16/h2-7,17H,1H3. The molecule has 0 unspecified atom stereocenters. The van der Waals surface area contributed by atoms with E-state index in [2.05, 4.69) is 52.5 Å². The maximum absolute atomic E-state index is 12.4. The summed E-state index contributed by atoms with van der Waals surface area (Å²) in [5, 5.41) is 0. The van der Waals surface area contributed by atoms with Crippen LogP contribution in [0.25, 0.3) is 0 Å². The number of rotatable bonds is 4. The summed E-state index contributed by atoms with van der Waals surface area (Å²) >= 11 is 9.86. The first-order valence-corrected chi connectivity index (χ1v) is 9.51. The van der Waals surface area contributed by atoms with Gasteiger partial charge in [0.15, 0.2) is 0 Å². The van der Waals surface area contributed by atoms with Crippen molar-refractivity contribution in [2.75, 3.05) is 11.8 Å². The number of hydrogen-bond donors (Lipinski definition) is 1. The Morgan fingerprint density at radius 3 is 2.29 bits per heavy atom. The van der Waals surface area contributed by atoms with Gasteiger partial charge in [-0.25, -0.2) is 8.42 Å². The predicted molar refractivity (Wildman–Crippen MR) is 93.3 cm³/mol. The number of methoxy groups -OCH3 is 1. The number of ether oxygens (including phenoxy) is 1. The summed E-state index contributed by atoms with van der Waals surface area (Å²) in [4.78, 5) is 0.164. The number of halogens is 3. The van der Waals surface area contributed by atoms with E-state index < -0.39 is 10.0 Å². The van der Waals surface area contributed by atoms with Gasteiger partial charge < -0.3 is 4.74 Å². The van der Waals surface area contributed by atoms with E-state index in [0.717, 1.165) is 4.47 Å². The van der Waals surface area contributed by atoms with Crippen LogP contribution in [0.15, 0.2) is 54.7 Å². The molecule has 2 aromatic rings. The molecule has 0 heterocycles. The quantitative estimate of drug-likeness (QED) is 0.658. The third-order valence-electron chi connectivity index (χ3n) is 2.59. The fraction of sp³-hybridized carbons (Fsp3) is 0.0769. The molecule has 4 nitrogen and oxygen atoms in total. The highest BCUT2D eigenvalue weighted by Gasteiger charge is 2.18. The van der Waals surface area contributed by atoms with Crippen LogP contribution in [0.2, 0.25) is 0 Å². The van der Waals surface area contributed by atoms with Crippen LogP contribution in [0.3, 0.4) is 0 Å². The molecular weight excluding hydrogens is 490 g/mol. The molecule has 0 saturated heterocycles. The van der Waals surface area contributed by atoms with E-state index in [0.29, 0.717) is 20.4 Å². The average molecular weight is 500 g/mol. The van der Waals surface area contributed by atoms with Crippen molar-refractivity contribution in [1.29, 1.82) is 0 Å². The minimum atomic E-state index is -3.68. The Balaban J connectivity index is 2.35. The Morgan fingerprint density at radius 1 is 1.00 bits per heavy atom. The maximum atomic E-state index is 12.4. The van der Waals surface area contributed by atoms with Crippen molar-refractivity contribution in [3.63, 3.8) is 0 Å². The fourth-order valence-corrected chi connectivity index (χ4v) is 4.97. The van der Waals surface area contributed by atoms with Gasteiger partial charge in [0.1, 0.15) is 10.6 Å². The first kappa shape index (κ1) is 16.8. The molecule has 21 heavy (non-hydrogen) atoms. The number of benzene rings is 2. The summed E-state index contributed by atoms with van der Waals surface area (Å²) in [7, 11) is -2.13. The van der Waals surface area contributed by atoms with Crippen LogP contribution in [0.5, 0.6) is 5.75 Å². The molecule has 0 amide bonds. The normalized spacial score (nSPS) is 11.2. The number of nitrogens with one attached hydrogen (secondary N) is 1. The van der Waals surface area contributed by atoms with Gasteiger partial charge in [-0.15, -0.1) is 0 Å². The Bertz CT molecular complexity index is 778. The molecule has 0 aliphatic rings. The van der Waals surface area contributed by atoms with Crippen molar-refractivity contribution >= 4 is 63.5 Å². The molecule has 0 saturated carbocycles. The summed E-state index contributed by atoms with van der Waals surface area (Å²) in [5.74, 6) is 0.628. The lowest BCUT2D eigenvalue weighted by Crippen LogP contribution is -2.13. The minimum Gasteiger partial charge on any atom is -0.496 e. The zero-order valence-electron chi connectivity index (χ0n) is 10.7. The van der Waals surface area contributed by atoms with E-state index in [1.54, 1.807) is 37.4 Å². The van der Waals surface area contributed by atoms with Crippen molar-refractivity contribution in [3.8, 4) is 5.75 Å². The van der Waals surface area contributed by atoms with Gasteiger partial charge in [0, 0.05) is 8.95 Å². The monoisotopic (exact) mass is 497 g/mol. The van der Waals surface area contributed by atoms with E-state index in [1.807, 2.05) is 0 Å². The van der Waals surface area contributed by atoms with Crippen molar-refractivity contribution in [2.45, 2.75) is 4.90 Å². The van der Waals surface area contributed by atoms with Crippen molar-refractivity contribution < 1.29 is 13.2 Å². The largest absolute Gasteiger partial charge is 0.496 e. The zero-order chi connectivity index (χ0) is 15.6. The van der Waals surface area contributed by atoms with Gasteiger partial charge in [-0.3, -0.25) is 4.72 Å². The van der Waals surface area contributed by atoms with Gasteiger partial charge in [0.2, 0.25) is 0 Å². The lowest BCUT2D eigenvalue weighted by molar-refractivity contribution is 0.412. The predicted octanol–water partition coefficient (Wildman–Crippen LogP) is 4.78. The van der Waals surface area contributed by atoms with Gasteiger partial charge in [-0.05, 0) is 68.3 Å². The third kappa shape index (κ3) is 4.00. The third-order valence-corrected chi connectivity index (χ3v) is 6.06. The van der Waals surface area contributed by atoms with Gasteiger partial charge in [0.25, 0.3) is 10.0 Å². The van der Waals surface area contributed by atoms with E-state index in [4.69, 9.17) is 4.74 Å². The van der Waals surface area contributed by atoms with Crippen LogP contribution in [0.1, 0.15) is 0 Å². The van der Waals surface area contributed by atoms with Gasteiger partial charge >= 0.3 is 0 Å². The summed E-state index contributed by atoms with van der Waals surface area (Å²) in [6.07, 6.45) is 0.